The molecule has 2 N–H and O–H groups in total. The standard InChI is InChI=1S/C21H34O4.C15H22O4.C2H6.CH4O/c1-19(22)24-17-11-9-7-5-3-4-6-8-10-12-18-25-21-15-13-20(23-2)14-16-21;1-10-8-13(6-7-14(10)17)19-15(18)12-4-2-11(9-16)3-5-12;2*1-2/h13-16H,3-12,17-18H2,1-2H3;6-7,9-14,17H,2-5,8H2,1H3;1-2H3;2H,1H3. The van der Waals surface area contributed by atoms with Crippen molar-refractivity contribution in [2.45, 2.75) is 136 Å². The molecule has 3 atom stereocenters. The van der Waals surface area contributed by atoms with Crippen LogP contribution in [0.2, 0.25) is 0 Å². The van der Waals surface area contributed by atoms with Crippen molar-refractivity contribution in [3.63, 3.8) is 0 Å². The molecule has 0 spiro atoms. The van der Waals surface area contributed by atoms with E-state index in [-0.39, 0.29) is 35.8 Å². The molecule has 0 saturated heterocycles. The summed E-state index contributed by atoms with van der Waals surface area (Å²) in [7, 11) is 2.67. The molecule has 0 aliphatic heterocycles. The summed E-state index contributed by atoms with van der Waals surface area (Å²) >= 11 is 0. The van der Waals surface area contributed by atoms with Crippen LogP contribution in [0.4, 0.5) is 0 Å². The normalized spacial score (nSPS) is 21.0. The Labute approximate surface area is 290 Å². The first-order valence-electron chi connectivity index (χ1n) is 18.2. The van der Waals surface area contributed by atoms with Crippen LogP contribution in [0.25, 0.3) is 0 Å². The van der Waals surface area contributed by atoms with Gasteiger partial charge in [-0.15, -0.1) is 0 Å². The van der Waals surface area contributed by atoms with Crippen molar-refractivity contribution in [1.82, 2.24) is 0 Å². The highest BCUT2D eigenvalue weighted by Crippen LogP contribution is 2.30. The lowest BCUT2D eigenvalue weighted by atomic mass is 9.83. The Hall–Kier alpha value is -2.91. The Balaban J connectivity index is 0.000000855. The van der Waals surface area contributed by atoms with E-state index in [2.05, 4.69) is 0 Å². The van der Waals surface area contributed by atoms with Crippen LogP contribution >= 0.6 is 0 Å². The van der Waals surface area contributed by atoms with Gasteiger partial charge in [0.05, 0.1) is 32.3 Å². The predicted octanol–water partition coefficient (Wildman–Crippen LogP) is 8.03. The number of carbonyl (C=O) groups excluding carboxylic acids is 3. The molecule has 3 rings (SSSR count). The molecule has 9 heteroatoms. The van der Waals surface area contributed by atoms with Crippen molar-refractivity contribution in [3.05, 3.63) is 36.4 Å². The molecule has 0 heterocycles. The summed E-state index contributed by atoms with van der Waals surface area (Å²) in [5.41, 5.74) is 0. The maximum Gasteiger partial charge on any atom is 0.309 e. The largest absolute Gasteiger partial charge is 0.497 e. The van der Waals surface area contributed by atoms with Gasteiger partial charge in [-0.1, -0.05) is 78.2 Å². The third kappa shape index (κ3) is 21.9. The van der Waals surface area contributed by atoms with E-state index in [4.69, 9.17) is 24.1 Å². The van der Waals surface area contributed by atoms with Gasteiger partial charge in [-0.05, 0) is 81.2 Å². The maximum atomic E-state index is 12.0. The summed E-state index contributed by atoms with van der Waals surface area (Å²) in [6.45, 7) is 8.78. The molecular weight excluding hydrogens is 612 g/mol. The average Bonchev–Trinajstić information content (AvgIpc) is 3.12. The lowest BCUT2D eigenvalue weighted by Crippen LogP contribution is -2.32. The molecule has 0 amide bonds. The molecule has 48 heavy (non-hydrogen) atoms. The van der Waals surface area contributed by atoms with Gasteiger partial charge in [0.2, 0.25) is 0 Å². The number of hydrogen-bond acceptors (Lipinski definition) is 9. The molecule has 1 fully saturated rings. The summed E-state index contributed by atoms with van der Waals surface area (Å²) in [6, 6.07) is 7.74. The van der Waals surface area contributed by atoms with Crippen LogP contribution in [0.5, 0.6) is 11.5 Å². The number of carbonyl (C=O) groups is 3. The molecule has 9 nitrogen and oxygen atoms in total. The molecule has 2 aliphatic rings. The van der Waals surface area contributed by atoms with Gasteiger partial charge >= 0.3 is 11.9 Å². The van der Waals surface area contributed by atoms with E-state index < -0.39 is 6.10 Å². The number of methoxy groups -OCH3 is 1. The zero-order valence-corrected chi connectivity index (χ0v) is 30.7. The lowest BCUT2D eigenvalue weighted by Gasteiger charge is -2.29. The van der Waals surface area contributed by atoms with Crippen LogP contribution in [-0.4, -0.2) is 68.1 Å². The Kier molecular flexibility index (Phi) is 28.3. The summed E-state index contributed by atoms with van der Waals surface area (Å²) in [6.07, 6.45) is 19.9. The van der Waals surface area contributed by atoms with Gasteiger partial charge in [0, 0.05) is 20.0 Å². The van der Waals surface area contributed by atoms with E-state index in [1.807, 2.05) is 45.0 Å². The Morgan fingerprint density at radius 2 is 1.29 bits per heavy atom. The summed E-state index contributed by atoms with van der Waals surface area (Å²) in [5, 5.41) is 16.6. The van der Waals surface area contributed by atoms with Gasteiger partial charge in [-0.2, -0.15) is 0 Å². The number of benzene rings is 1. The molecule has 0 aromatic heterocycles. The first kappa shape index (κ1) is 45.1. The number of unbranched alkanes of at least 4 members (excludes halogenated alkanes) is 9. The molecule has 1 aromatic carbocycles. The van der Waals surface area contributed by atoms with Gasteiger partial charge < -0.3 is 34.0 Å². The monoisotopic (exact) mass is 678 g/mol. The predicted molar refractivity (Wildman–Crippen MR) is 191 cm³/mol. The zero-order valence-electron chi connectivity index (χ0n) is 30.7. The molecule has 3 unspecified atom stereocenters. The van der Waals surface area contributed by atoms with Gasteiger partial charge in [0.1, 0.15) is 23.9 Å². The fourth-order valence-corrected chi connectivity index (χ4v) is 5.53. The summed E-state index contributed by atoms with van der Waals surface area (Å²) < 4.78 is 21.3. The second kappa shape index (κ2) is 30.2. The number of ether oxygens (including phenoxy) is 4. The van der Waals surface area contributed by atoms with Gasteiger partial charge in [0.25, 0.3) is 0 Å². The van der Waals surface area contributed by atoms with Crippen molar-refractivity contribution < 1.29 is 43.5 Å². The van der Waals surface area contributed by atoms with Gasteiger partial charge in [0.15, 0.2) is 0 Å². The molecule has 276 valence electrons. The average molecular weight is 679 g/mol. The van der Waals surface area contributed by atoms with Crippen molar-refractivity contribution in [3.8, 4) is 11.5 Å². The first-order chi connectivity index (χ1) is 23.3. The summed E-state index contributed by atoms with van der Waals surface area (Å²) in [5.74, 6) is 1.62. The number of aliphatic hydroxyl groups is 2. The van der Waals surface area contributed by atoms with Gasteiger partial charge in [-0.3, -0.25) is 9.59 Å². The molecule has 0 bridgehead atoms. The highest BCUT2D eigenvalue weighted by atomic mass is 16.5. The molecule has 1 aromatic rings. The number of hydrogen-bond donors (Lipinski definition) is 2. The summed E-state index contributed by atoms with van der Waals surface area (Å²) in [4.78, 5) is 33.3. The van der Waals surface area contributed by atoms with E-state index in [0.717, 1.165) is 76.4 Å². The van der Waals surface area contributed by atoms with Crippen LogP contribution in [0.15, 0.2) is 36.4 Å². The number of esters is 2. The maximum absolute atomic E-state index is 12.0. The van der Waals surface area contributed by atoms with Crippen LogP contribution < -0.4 is 9.47 Å². The third-order valence-electron chi connectivity index (χ3n) is 8.45. The van der Waals surface area contributed by atoms with Crippen molar-refractivity contribution >= 4 is 18.2 Å². The number of aliphatic hydroxyl groups excluding tert-OH is 2. The third-order valence-corrected chi connectivity index (χ3v) is 8.45. The van der Waals surface area contributed by atoms with E-state index in [9.17, 15) is 19.5 Å². The topological polar surface area (TPSA) is 129 Å². The first-order valence-corrected chi connectivity index (χ1v) is 18.2. The van der Waals surface area contributed by atoms with Crippen LogP contribution in [0.3, 0.4) is 0 Å². The minimum atomic E-state index is -0.432. The molecule has 0 radical (unpaired) electrons. The van der Waals surface area contributed by atoms with Gasteiger partial charge in [-0.25, -0.2) is 0 Å². The second-order valence-corrected chi connectivity index (χ2v) is 12.2. The van der Waals surface area contributed by atoms with Crippen LogP contribution in [-0.2, 0) is 23.9 Å². The number of aldehydes is 1. The lowest BCUT2D eigenvalue weighted by molar-refractivity contribution is -0.154. The molecule has 2 aliphatic carbocycles. The number of rotatable bonds is 18. The van der Waals surface area contributed by atoms with E-state index in [1.165, 1.54) is 51.9 Å². The Bertz CT molecular complexity index is 955. The highest BCUT2D eigenvalue weighted by Gasteiger charge is 2.30. The fourth-order valence-electron chi connectivity index (χ4n) is 5.53. The second-order valence-electron chi connectivity index (χ2n) is 12.2. The van der Waals surface area contributed by atoms with Crippen molar-refractivity contribution in [2.75, 3.05) is 27.4 Å². The fraction of sp³-hybridized carbons (Fsp3) is 0.718. The van der Waals surface area contributed by atoms with Crippen LogP contribution in [0, 0.1) is 17.8 Å². The highest BCUT2D eigenvalue weighted by molar-refractivity contribution is 5.73. The minimum Gasteiger partial charge on any atom is -0.497 e. The SMILES string of the molecule is CC.CC1CC(OC(=O)C2CCC(C=O)CC2)C=CC1O.CO.COc1ccc(OCCCCCCCCCCCCOC(C)=O)cc1. The van der Waals surface area contributed by atoms with Crippen molar-refractivity contribution in [2.24, 2.45) is 17.8 Å². The minimum absolute atomic E-state index is 0.0632. The van der Waals surface area contributed by atoms with Crippen molar-refractivity contribution in [1.29, 1.82) is 0 Å². The van der Waals surface area contributed by atoms with E-state index in [0.29, 0.717) is 13.0 Å². The Morgan fingerprint density at radius 1 is 0.792 bits per heavy atom. The zero-order chi connectivity index (χ0) is 36.0. The van der Waals surface area contributed by atoms with E-state index in [1.54, 1.807) is 19.3 Å². The quantitative estimate of drug-likeness (QED) is 0.0686. The van der Waals surface area contributed by atoms with E-state index >= 15 is 0 Å². The molecule has 1 saturated carbocycles. The Morgan fingerprint density at radius 3 is 1.77 bits per heavy atom. The smallest absolute Gasteiger partial charge is 0.309 e. The van der Waals surface area contributed by atoms with Crippen LogP contribution in [0.1, 0.15) is 124 Å². The molecular formula is C39H66O9.